The third-order valence-corrected chi connectivity index (χ3v) is 9.49. The number of anilines is 4. The highest BCUT2D eigenvalue weighted by Gasteiger charge is 2.55. The van der Waals surface area contributed by atoms with Gasteiger partial charge in [0.05, 0.1) is 5.69 Å². The summed E-state index contributed by atoms with van der Waals surface area (Å²) in [5.41, 5.74) is 12.0. The number of fused-ring (bicyclic) bond motifs is 5. The number of rotatable bonds is 5. The Morgan fingerprint density at radius 3 is 2.08 bits per heavy atom. The maximum atomic E-state index is 5.04. The van der Waals surface area contributed by atoms with E-state index in [4.69, 9.17) is 4.98 Å². The van der Waals surface area contributed by atoms with Crippen molar-refractivity contribution >= 4 is 22.9 Å². The first kappa shape index (κ1) is 24.7. The van der Waals surface area contributed by atoms with Crippen molar-refractivity contribution < 1.29 is 0 Å². The standard InChI is InChI=1S/C35H39N3/c1-7-27-34-37(29-17-11-10-14-23(29)4)30-18-13-21-36-33(30)38(34)31-22-26(32-24(5)15-12-16-25(32)6)19-20-28(31)35(27,8-2)9-3/h10-22,27,34H,7-9H2,1-6H3. The van der Waals surface area contributed by atoms with Crippen LogP contribution in [-0.2, 0) is 5.41 Å². The molecule has 1 aromatic heterocycles. The van der Waals surface area contributed by atoms with E-state index in [2.05, 4.69) is 124 Å². The Hall–Kier alpha value is -3.59. The van der Waals surface area contributed by atoms with Gasteiger partial charge in [-0.3, -0.25) is 0 Å². The summed E-state index contributed by atoms with van der Waals surface area (Å²) in [4.78, 5) is 10.2. The number of para-hydroxylation sites is 1. The molecule has 0 saturated carbocycles. The molecule has 2 unspecified atom stereocenters. The van der Waals surface area contributed by atoms with Gasteiger partial charge in [0.1, 0.15) is 6.17 Å². The lowest BCUT2D eigenvalue weighted by molar-refractivity contribution is 0.194. The molecule has 4 aromatic rings. The topological polar surface area (TPSA) is 19.4 Å². The molecule has 0 saturated heterocycles. The average molecular weight is 502 g/mol. The van der Waals surface area contributed by atoms with Crippen molar-refractivity contribution in [2.24, 2.45) is 5.92 Å². The lowest BCUT2D eigenvalue weighted by Crippen LogP contribution is -2.56. The third-order valence-electron chi connectivity index (χ3n) is 9.49. The van der Waals surface area contributed by atoms with E-state index in [0.717, 1.165) is 25.1 Å². The predicted octanol–water partition coefficient (Wildman–Crippen LogP) is 9.39. The third kappa shape index (κ3) is 3.37. The van der Waals surface area contributed by atoms with Crippen LogP contribution in [0.25, 0.3) is 11.1 Å². The van der Waals surface area contributed by atoms with Crippen LogP contribution in [0.2, 0.25) is 0 Å². The lowest BCUT2D eigenvalue weighted by Gasteiger charge is -2.53. The van der Waals surface area contributed by atoms with Crippen LogP contribution in [0.15, 0.2) is 79.0 Å². The van der Waals surface area contributed by atoms with E-state index in [-0.39, 0.29) is 11.6 Å². The van der Waals surface area contributed by atoms with Crippen molar-refractivity contribution in [2.45, 2.75) is 72.4 Å². The molecule has 0 N–H and O–H groups in total. The minimum atomic E-state index is 0.0908. The van der Waals surface area contributed by atoms with E-state index in [0.29, 0.717) is 5.92 Å². The molecule has 0 amide bonds. The van der Waals surface area contributed by atoms with Crippen molar-refractivity contribution in [3.63, 3.8) is 0 Å². The van der Waals surface area contributed by atoms with Gasteiger partial charge in [-0.1, -0.05) is 69.3 Å². The van der Waals surface area contributed by atoms with Crippen LogP contribution >= 0.6 is 0 Å². The highest BCUT2D eigenvalue weighted by molar-refractivity contribution is 5.90. The van der Waals surface area contributed by atoms with Crippen LogP contribution in [0, 0.1) is 26.7 Å². The second-order valence-corrected chi connectivity index (χ2v) is 11.2. The van der Waals surface area contributed by atoms with Crippen LogP contribution in [0.1, 0.15) is 62.3 Å². The number of pyridine rings is 1. The van der Waals surface area contributed by atoms with Gasteiger partial charge in [-0.15, -0.1) is 0 Å². The van der Waals surface area contributed by atoms with Gasteiger partial charge in [0, 0.05) is 28.9 Å². The van der Waals surface area contributed by atoms with Crippen molar-refractivity contribution in [1.82, 2.24) is 4.98 Å². The molecule has 194 valence electrons. The monoisotopic (exact) mass is 501 g/mol. The molecule has 2 atom stereocenters. The lowest BCUT2D eigenvalue weighted by atomic mass is 9.61. The molecule has 0 aliphatic carbocycles. The summed E-state index contributed by atoms with van der Waals surface area (Å²) in [5, 5.41) is 0. The van der Waals surface area contributed by atoms with E-state index in [1.165, 1.54) is 50.4 Å². The first-order valence-corrected chi connectivity index (χ1v) is 14.3. The summed E-state index contributed by atoms with van der Waals surface area (Å²) in [6.45, 7) is 13.9. The van der Waals surface area contributed by atoms with Gasteiger partial charge in [0.25, 0.3) is 0 Å². The van der Waals surface area contributed by atoms with Crippen LogP contribution in [-0.4, -0.2) is 11.1 Å². The molecule has 0 radical (unpaired) electrons. The van der Waals surface area contributed by atoms with Gasteiger partial charge >= 0.3 is 0 Å². The number of benzene rings is 3. The van der Waals surface area contributed by atoms with Gasteiger partial charge in [0.15, 0.2) is 5.82 Å². The van der Waals surface area contributed by atoms with Gasteiger partial charge in [-0.2, -0.15) is 0 Å². The van der Waals surface area contributed by atoms with Crippen molar-refractivity contribution in [1.29, 1.82) is 0 Å². The molecule has 0 fully saturated rings. The fourth-order valence-corrected chi connectivity index (χ4v) is 7.69. The summed E-state index contributed by atoms with van der Waals surface area (Å²) in [5.74, 6) is 1.52. The predicted molar refractivity (Wildman–Crippen MR) is 161 cm³/mol. The summed E-state index contributed by atoms with van der Waals surface area (Å²) < 4.78 is 0. The zero-order valence-corrected chi connectivity index (χ0v) is 23.6. The van der Waals surface area contributed by atoms with Gasteiger partial charge in [-0.25, -0.2) is 4.98 Å². The van der Waals surface area contributed by atoms with E-state index < -0.39 is 0 Å². The Bertz CT molecular complexity index is 1480. The zero-order chi connectivity index (χ0) is 26.6. The molecule has 3 heterocycles. The smallest absolute Gasteiger partial charge is 0.158 e. The highest BCUT2D eigenvalue weighted by atomic mass is 15.5. The van der Waals surface area contributed by atoms with E-state index in [1.807, 2.05) is 6.20 Å². The van der Waals surface area contributed by atoms with Crippen LogP contribution in [0.4, 0.5) is 22.9 Å². The molecule has 0 spiro atoms. The first-order chi connectivity index (χ1) is 18.5. The molecule has 2 aliphatic heterocycles. The van der Waals surface area contributed by atoms with E-state index in [9.17, 15) is 0 Å². The van der Waals surface area contributed by atoms with E-state index in [1.54, 1.807) is 0 Å². The maximum absolute atomic E-state index is 5.04. The molecule has 38 heavy (non-hydrogen) atoms. The summed E-state index contributed by atoms with van der Waals surface area (Å²) >= 11 is 0. The minimum Gasteiger partial charge on any atom is -0.316 e. The summed E-state index contributed by atoms with van der Waals surface area (Å²) in [6.07, 6.45) is 5.47. The van der Waals surface area contributed by atoms with Crippen molar-refractivity contribution in [2.75, 3.05) is 9.80 Å². The first-order valence-electron chi connectivity index (χ1n) is 14.3. The van der Waals surface area contributed by atoms with Crippen LogP contribution in [0.5, 0.6) is 0 Å². The van der Waals surface area contributed by atoms with E-state index >= 15 is 0 Å². The van der Waals surface area contributed by atoms with Crippen molar-refractivity contribution in [3.8, 4) is 11.1 Å². The van der Waals surface area contributed by atoms with Gasteiger partial charge < -0.3 is 9.80 Å². The zero-order valence-electron chi connectivity index (χ0n) is 23.6. The molecular weight excluding hydrogens is 462 g/mol. The summed E-state index contributed by atoms with van der Waals surface area (Å²) in [7, 11) is 0. The number of aryl methyl sites for hydroxylation is 3. The SMILES string of the molecule is CCC1C2N(c3ccccc3C)c3cccnc3N2c2cc(-c3c(C)cccc3C)ccc2C1(CC)CC. The quantitative estimate of drug-likeness (QED) is 0.271. The minimum absolute atomic E-state index is 0.0908. The molecule has 3 aromatic carbocycles. The van der Waals surface area contributed by atoms with Crippen LogP contribution in [0.3, 0.4) is 0 Å². The van der Waals surface area contributed by atoms with Gasteiger partial charge in [0.2, 0.25) is 0 Å². The Labute approximate surface area is 228 Å². The van der Waals surface area contributed by atoms with Gasteiger partial charge in [-0.05, 0) is 97.7 Å². The fraction of sp³-hybridized carbons (Fsp3) is 0.343. The average Bonchev–Trinajstić information content (AvgIpc) is 3.27. The number of hydrogen-bond donors (Lipinski definition) is 0. The number of nitrogens with zero attached hydrogens (tertiary/aromatic N) is 3. The Morgan fingerprint density at radius 1 is 0.711 bits per heavy atom. The van der Waals surface area contributed by atoms with Crippen molar-refractivity contribution in [3.05, 3.63) is 101 Å². The molecule has 0 bridgehead atoms. The molecule has 6 rings (SSSR count). The molecule has 3 heteroatoms. The maximum Gasteiger partial charge on any atom is 0.158 e. The molecule has 2 aliphatic rings. The fourth-order valence-electron chi connectivity index (χ4n) is 7.69. The molecule has 3 nitrogen and oxygen atoms in total. The number of aromatic nitrogens is 1. The second kappa shape index (κ2) is 9.31. The largest absolute Gasteiger partial charge is 0.316 e. The highest BCUT2D eigenvalue weighted by Crippen LogP contribution is 2.60. The van der Waals surface area contributed by atoms with Crippen LogP contribution < -0.4 is 9.80 Å². The Morgan fingerprint density at radius 2 is 1.39 bits per heavy atom. The summed E-state index contributed by atoms with van der Waals surface area (Å²) in [6, 6.07) is 27.1. The number of hydrogen-bond acceptors (Lipinski definition) is 3. The normalized spacial score (nSPS) is 19.2. The Balaban J connectivity index is 1.67. The second-order valence-electron chi connectivity index (χ2n) is 11.2. The molecular formula is C35H39N3. The Kier molecular flexibility index (Phi) is 6.06.